The van der Waals surface area contributed by atoms with Crippen LogP contribution in [0.25, 0.3) is 11.0 Å². The van der Waals surface area contributed by atoms with E-state index < -0.39 is 21.4 Å². The molecule has 120 valence electrons. The Morgan fingerprint density at radius 3 is 2.36 bits per heavy atom. The average molecular weight is 335 g/mol. The molecule has 6 nitrogen and oxygen atoms in total. The van der Waals surface area contributed by atoms with E-state index in [0.29, 0.717) is 0 Å². The van der Waals surface area contributed by atoms with E-state index in [0.717, 1.165) is 13.0 Å². The van der Waals surface area contributed by atoms with Gasteiger partial charge in [0, 0.05) is 19.7 Å². The summed E-state index contributed by atoms with van der Waals surface area (Å²) in [5.74, 6) is -0.793. The molecule has 0 saturated heterocycles. The van der Waals surface area contributed by atoms with E-state index in [1.54, 1.807) is 0 Å². The molecule has 0 fully saturated rings. The van der Waals surface area contributed by atoms with E-state index in [1.807, 2.05) is 0 Å². The van der Waals surface area contributed by atoms with E-state index >= 15 is 0 Å². The number of aryl methyl sites for hydroxylation is 1. The first-order valence-electron chi connectivity index (χ1n) is 5.99. The van der Waals surface area contributed by atoms with Crippen LogP contribution >= 0.6 is 0 Å². The van der Waals surface area contributed by atoms with Gasteiger partial charge in [0.1, 0.15) is 5.82 Å². The Labute approximate surface area is 124 Å². The normalized spacial score (nSPS) is 12.6. The first-order valence-corrected chi connectivity index (χ1v) is 7.43. The maximum absolute atomic E-state index is 12.8. The van der Waals surface area contributed by atoms with Gasteiger partial charge in [-0.2, -0.15) is 21.6 Å². The van der Waals surface area contributed by atoms with E-state index in [9.17, 15) is 26.4 Å². The van der Waals surface area contributed by atoms with Gasteiger partial charge >= 0.3 is 15.5 Å². The van der Waals surface area contributed by atoms with E-state index in [1.165, 1.54) is 31.1 Å². The molecule has 0 aliphatic carbocycles. The molecule has 0 N–H and O–H groups in total. The Hall–Kier alpha value is -2.10. The number of imidazole rings is 1. The number of fused-ring (bicyclic) bond motifs is 1. The average Bonchev–Trinajstić information content (AvgIpc) is 2.71. The zero-order valence-corrected chi connectivity index (χ0v) is 12.7. The number of carbonyl (C=O) groups is 1. The number of hydrogen-bond donors (Lipinski definition) is 0. The molecule has 0 radical (unpaired) electrons. The first kappa shape index (κ1) is 16.3. The number of halogens is 3. The lowest BCUT2D eigenvalue weighted by molar-refractivity contribution is -0.0445. The van der Waals surface area contributed by atoms with Crippen LogP contribution in [0.1, 0.15) is 16.2 Å². The van der Waals surface area contributed by atoms with Gasteiger partial charge in [-0.25, -0.2) is 8.96 Å². The molecule has 0 spiro atoms. The fraction of sp³-hybridized carbons (Fsp3) is 0.333. The third kappa shape index (κ3) is 2.43. The van der Waals surface area contributed by atoms with Crippen molar-refractivity contribution in [3.63, 3.8) is 0 Å². The van der Waals surface area contributed by atoms with Gasteiger partial charge in [0.2, 0.25) is 0 Å². The molecule has 0 atom stereocenters. The van der Waals surface area contributed by atoms with E-state index in [4.69, 9.17) is 0 Å². The summed E-state index contributed by atoms with van der Waals surface area (Å²) in [6.45, 7) is 1.15. The molecule has 0 aliphatic heterocycles. The molecular formula is C12H12F3N3O3S. The van der Waals surface area contributed by atoms with Gasteiger partial charge in [0.15, 0.2) is 0 Å². The second-order valence-corrected chi connectivity index (χ2v) is 6.56. The standard InChI is InChI=1S/C12H12F3N3O3S/c1-7-16-9-5-4-8(11(19)17(2)3)6-10(9)18(7)22(20,21)12(13,14)15/h4-6H,1-3H3. The van der Waals surface area contributed by atoms with Crippen molar-refractivity contribution < 1.29 is 26.4 Å². The van der Waals surface area contributed by atoms with E-state index in [-0.39, 0.29) is 26.4 Å². The molecule has 0 bridgehead atoms. The highest BCUT2D eigenvalue weighted by Crippen LogP contribution is 2.30. The Balaban J connectivity index is 2.78. The topological polar surface area (TPSA) is 72.3 Å². The number of hydrogen-bond acceptors (Lipinski definition) is 4. The number of amides is 1. The van der Waals surface area contributed by atoms with Crippen molar-refractivity contribution >= 4 is 27.0 Å². The minimum Gasteiger partial charge on any atom is -0.345 e. The second-order valence-electron chi connectivity index (χ2n) is 4.78. The van der Waals surface area contributed by atoms with Crippen molar-refractivity contribution in [1.29, 1.82) is 0 Å². The van der Waals surface area contributed by atoms with Crippen LogP contribution in [0.5, 0.6) is 0 Å². The lowest BCUT2D eigenvalue weighted by Gasteiger charge is -2.12. The molecule has 2 rings (SSSR count). The fourth-order valence-electron chi connectivity index (χ4n) is 1.97. The van der Waals surface area contributed by atoms with Crippen molar-refractivity contribution in [3.05, 3.63) is 29.6 Å². The number of benzene rings is 1. The van der Waals surface area contributed by atoms with Gasteiger partial charge in [-0.3, -0.25) is 4.79 Å². The number of nitrogens with zero attached hydrogens (tertiary/aromatic N) is 3. The van der Waals surface area contributed by atoms with Gasteiger partial charge < -0.3 is 4.90 Å². The summed E-state index contributed by atoms with van der Waals surface area (Å²) in [6, 6.07) is 3.77. The Morgan fingerprint density at radius 2 is 1.86 bits per heavy atom. The third-order valence-corrected chi connectivity index (χ3v) is 4.48. The molecule has 22 heavy (non-hydrogen) atoms. The Kier molecular flexibility index (Phi) is 3.68. The van der Waals surface area contributed by atoms with Crippen LogP contribution in [0.15, 0.2) is 18.2 Å². The lowest BCUT2D eigenvalue weighted by atomic mass is 10.2. The zero-order valence-electron chi connectivity index (χ0n) is 11.8. The number of rotatable bonds is 2. The Bertz CT molecular complexity index is 854. The van der Waals surface area contributed by atoms with Gasteiger partial charge in [-0.1, -0.05) is 0 Å². The summed E-state index contributed by atoms with van der Waals surface area (Å²) >= 11 is 0. The van der Waals surface area contributed by atoms with Gasteiger partial charge in [0.05, 0.1) is 11.0 Å². The molecule has 1 aromatic carbocycles. The SMILES string of the molecule is Cc1nc2ccc(C(=O)N(C)C)cc2n1S(=O)(=O)C(F)(F)F. The highest BCUT2D eigenvalue weighted by atomic mass is 32.2. The smallest absolute Gasteiger partial charge is 0.345 e. The molecule has 10 heteroatoms. The zero-order chi connectivity index (χ0) is 16.9. The van der Waals surface area contributed by atoms with Crippen LogP contribution in [0.2, 0.25) is 0 Å². The monoisotopic (exact) mass is 335 g/mol. The number of aromatic nitrogens is 2. The molecule has 1 aromatic heterocycles. The predicted octanol–water partition coefficient (Wildman–Crippen LogP) is 1.74. The summed E-state index contributed by atoms with van der Waals surface area (Å²) in [4.78, 5) is 16.9. The van der Waals surface area contributed by atoms with Crippen LogP contribution in [-0.4, -0.2) is 47.8 Å². The molecule has 1 amide bonds. The summed E-state index contributed by atoms with van der Waals surface area (Å²) < 4.78 is 61.8. The van der Waals surface area contributed by atoms with Crippen molar-refractivity contribution in [2.45, 2.75) is 12.4 Å². The molecule has 2 aromatic rings. The van der Waals surface area contributed by atoms with Crippen molar-refractivity contribution in [1.82, 2.24) is 13.9 Å². The summed E-state index contributed by atoms with van der Waals surface area (Å²) in [5.41, 5.74) is -5.63. The van der Waals surface area contributed by atoms with Gasteiger partial charge in [-0.05, 0) is 25.1 Å². The number of carbonyl (C=O) groups excluding carboxylic acids is 1. The molecular weight excluding hydrogens is 323 g/mol. The quantitative estimate of drug-likeness (QED) is 0.838. The van der Waals surface area contributed by atoms with Crippen molar-refractivity contribution in [2.24, 2.45) is 0 Å². The fourth-order valence-corrected chi connectivity index (χ4v) is 2.97. The Morgan fingerprint density at radius 1 is 1.27 bits per heavy atom. The highest BCUT2D eigenvalue weighted by Gasteiger charge is 2.48. The van der Waals surface area contributed by atoms with Gasteiger partial charge in [0.25, 0.3) is 5.91 Å². The summed E-state index contributed by atoms with van der Waals surface area (Å²) in [6.07, 6.45) is 0. The third-order valence-electron chi connectivity index (χ3n) is 2.96. The summed E-state index contributed by atoms with van der Waals surface area (Å²) in [7, 11) is -2.68. The molecule has 0 aliphatic rings. The molecule has 0 unspecified atom stereocenters. The van der Waals surface area contributed by atoms with Crippen molar-refractivity contribution in [2.75, 3.05) is 14.1 Å². The highest BCUT2D eigenvalue weighted by molar-refractivity contribution is 7.91. The number of alkyl halides is 3. The largest absolute Gasteiger partial charge is 0.517 e. The summed E-state index contributed by atoms with van der Waals surface area (Å²) in [5, 5.41) is 0. The van der Waals surface area contributed by atoms with Crippen LogP contribution in [-0.2, 0) is 10.0 Å². The minimum absolute atomic E-state index is 0.0561. The predicted molar refractivity (Wildman–Crippen MR) is 72.9 cm³/mol. The minimum atomic E-state index is -5.62. The van der Waals surface area contributed by atoms with Crippen LogP contribution in [0.4, 0.5) is 13.2 Å². The maximum Gasteiger partial charge on any atom is 0.517 e. The maximum atomic E-state index is 12.8. The molecule has 0 saturated carbocycles. The van der Waals surface area contributed by atoms with Gasteiger partial charge in [-0.15, -0.1) is 0 Å². The van der Waals surface area contributed by atoms with Crippen molar-refractivity contribution in [3.8, 4) is 0 Å². The molecule has 1 heterocycles. The van der Waals surface area contributed by atoms with E-state index in [2.05, 4.69) is 4.98 Å². The first-order chi connectivity index (χ1) is 9.96. The lowest BCUT2D eigenvalue weighted by Crippen LogP contribution is -2.30. The van der Waals surface area contributed by atoms with Crippen LogP contribution < -0.4 is 0 Å². The second kappa shape index (κ2) is 4.97. The van der Waals surface area contributed by atoms with Crippen LogP contribution in [0.3, 0.4) is 0 Å². The van der Waals surface area contributed by atoms with Crippen LogP contribution in [0, 0.1) is 6.92 Å².